The summed E-state index contributed by atoms with van der Waals surface area (Å²) in [5.41, 5.74) is 4.93. The van der Waals surface area contributed by atoms with Gasteiger partial charge < -0.3 is 0 Å². The number of benzene rings is 1. The molecule has 2 aliphatic heterocycles. The molecular weight excluding hydrogens is 338 g/mol. The van der Waals surface area contributed by atoms with Gasteiger partial charge in [0, 0.05) is 44.6 Å². The van der Waals surface area contributed by atoms with Gasteiger partial charge in [-0.1, -0.05) is 30.3 Å². The number of carbonyl (C=O) groups excluding carboxylic acids is 1. The molecule has 0 radical (unpaired) electrons. The number of hydrogen-bond acceptors (Lipinski definition) is 5. The molecule has 1 aromatic carbocycles. The van der Waals surface area contributed by atoms with Crippen molar-refractivity contribution in [2.75, 3.05) is 24.6 Å². The first-order valence-electron chi connectivity index (χ1n) is 8.81. The molecule has 3 rings (SSSR count). The fourth-order valence-electron chi connectivity index (χ4n) is 3.40. The molecule has 136 valence electrons. The van der Waals surface area contributed by atoms with Crippen molar-refractivity contribution in [3.8, 4) is 0 Å². The van der Waals surface area contributed by atoms with Gasteiger partial charge in [0.05, 0.1) is 11.5 Å². The van der Waals surface area contributed by atoms with Crippen LogP contribution in [0.25, 0.3) is 0 Å². The molecule has 6 nitrogen and oxygen atoms in total. The summed E-state index contributed by atoms with van der Waals surface area (Å²) in [5.74, 6) is 0.0986. The van der Waals surface area contributed by atoms with Crippen LogP contribution < -0.4 is 5.43 Å². The van der Waals surface area contributed by atoms with E-state index in [4.69, 9.17) is 0 Å². The predicted molar refractivity (Wildman–Crippen MR) is 97.9 cm³/mol. The Morgan fingerprint density at radius 3 is 2.56 bits per heavy atom. The van der Waals surface area contributed by atoms with Gasteiger partial charge in [-0.2, -0.15) is 5.10 Å². The van der Waals surface area contributed by atoms with E-state index in [0.717, 1.165) is 38.2 Å². The van der Waals surface area contributed by atoms with Crippen LogP contribution in [0, 0.1) is 5.92 Å². The molecule has 25 heavy (non-hydrogen) atoms. The molecule has 0 bridgehead atoms. The van der Waals surface area contributed by atoms with Crippen LogP contribution in [0.2, 0.25) is 0 Å². The number of amides is 1. The van der Waals surface area contributed by atoms with E-state index >= 15 is 0 Å². The number of sulfone groups is 1. The van der Waals surface area contributed by atoms with Crippen molar-refractivity contribution < 1.29 is 13.2 Å². The second kappa shape index (κ2) is 8.10. The maximum absolute atomic E-state index is 11.9. The Labute approximate surface area is 149 Å². The quantitative estimate of drug-likeness (QED) is 0.806. The zero-order chi connectivity index (χ0) is 17.7. The van der Waals surface area contributed by atoms with Gasteiger partial charge in [0.2, 0.25) is 5.91 Å². The van der Waals surface area contributed by atoms with Crippen LogP contribution in [0.3, 0.4) is 0 Å². The Balaban J connectivity index is 1.39. The molecule has 0 spiro atoms. The second-order valence-corrected chi connectivity index (χ2v) is 9.18. The molecule has 1 amide bonds. The van der Waals surface area contributed by atoms with Gasteiger partial charge in [0.25, 0.3) is 0 Å². The molecular formula is C18H25N3O3S. The Hall–Kier alpha value is -1.73. The summed E-state index contributed by atoms with van der Waals surface area (Å²) in [6.45, 7) is 2.81. The molecule has 0 saturated carbocycles. The third-order valence-electron chi connectivity index (χ3n) is 4.82. The SMILES string of the molecule is O=C(C[C@H]1CCS(=O)(=O)C1)NN=C1CCN(Cc2ccccc2)CC1. The fraction of sp³-hybridized carbons (Fsp3) is 0.556. The maximum atomic E-state index is 11.9. The highest BCUT2D eigenvalue weighted by Gasteiger charge is 2.29. The second-order valence-electron chi connectivity index (χ2n) is 6.95. The zero-order valence-electron chi connectivity index (χ0n) is 14.4. The summed E-state index contributed by atoms with van der Waals surface area (Å²) in [6, 6.07) is 10.4. The van der Waals surface area contributed by atoms with Gasteiger partial charge in [-0.3, -0.25) is 9.69 Å². The summed E-state index contributed by atoms with van der Waals surface area (Å²) >= 11 is 0. The molecule has 2 aliphatic rings. The molecule has 7 heteroatoms. The van der Waals surface area contributed by atoms with E-state index in [1.165, 1.54) is 5.56 Å². The average molecular weight is 363 g/mol. The van der Waals surface area contributed by atoms with E-state index < -0.39 is 9.84 Å². The van der Waals surface area contributed by atoms with Crippen LogP contribution in [0.4, 0.5) is 0 Å². The maximum Gasteiger partial charge on any atom is 0.240 e. The first kappa shape index (κ1) is 18.1. The van der Waals surface area contributed by atoms with E-state index in [1.807, 2.05) is 6.07 Å². The van der Waals surface area contributed by atoms with E-state index in [-0.39, 0.29) is 29.8 Å². The summed E-state index contributed by atoms with van der Waals surface area (Å²) in [6.07, 6.45) is 2.53. The van der Waals surface area contributed by atoms with Gasteiger partial charge in [0.15, 0.2) is 9.84 Å². The van der Waals surface area contributed by atoms with E-state index in [0.29, 0.717) is 6.42 Å². The number of likely N-dealkylation sites (tertiary alicyclic amines) is 1. The highest BCUT2D eigenvalue weighted by molar-refractivity contribution is 7.91. The fourth-order valence-corrected chi connectivity index (χ4v) is 5.27. The Bertz CT molecular complexity index is 721. The molecule has 2 saturated heterocycles. The van der Waals surface area contributed by atoms with E-state index in [1.54, 1.807) is 0 Å². The van der Waals surface area contributed by atoms with Crippen molar-refractivity contribution in [2.45, 2.75) is 32.2 Å². The smallest absolute Gasteiger partial charge is 0.240 e. The number of carbonyl (C=O) groups is 1. The number of hydrazone groups is 1. The highest BCUT2D eigenvalue weighted by Crippen LogP contribution is 2.21. The van der Waals surface area contributed by atoms with Crippen molar-refractivity contribution in [3.63, 3.8) is 0 Å². The summed E-state index contributed by atoms with van der Waals surface area (Å²) in [5, 5.41) is 4.24. The highest BCUT2D eigenvalue weighted by atomic mass is 32.2. The first-order chi connectivity index (χ1) is 12.0. The number of hydrogen-bond donors (Lipinski definition) is 1. The van der Waals surface area contributed by atoms with Crippen molar-refractivity contribution in [3.05, 3.63) is 35.9 Å². The summed E-state index contributed by atoms with van der Waals surface area (Å²) in [7, 11) is -2.93. The molecule has 0 unspecified atom stereocenters. The van der Waals surface area contributed by atoms with Crippen molar-refractivity contribution in [1.29, 1.82) is 0 Å². The van der Waals surface area contributed by atoms with Crippen LogP contribution >= 0.6 is 0 Å². The third kappa shape index (κ3) is 5.64. The minimum Gasteiger partial charge on any atom is -0.298 e. The Morgan fingerprint density at radius 1 is 1.20 bits per heavy atom. The molecule has 0 aromatic heterocycles. The van der Waals surface area contributed by atoms with Crippen molar-refractivity contribution >= 4 is 21.5 Å². The third-order valence-corrected chi connectivity index (χ3v) is 6.66. The average Bonchev–Trinajstić information content (AvgIpc) is 2.94. The standard InChI is InChI=1S/C18H25N3O3S/c22-18(12-16-8-11-25(23,24)14-16)20-19-17-6-9-21(10-7-17)13-15-4-2-1-3-5-15/h1-5,16H,6-14H2,(H,20,22)/t16-/m1/s1. The van der Waals surface area contributed by atoms with Crippen LogP contribution in [0.5, 0.6) is 0 Å². The molecule has 1 atom stereocenters. The molecule has 1 N–H and O–H groups in total. The monoisotopic (exact) mass is 363 g/mol. The first-order valence-corrected chi connectivity index (χ1v) is 10.6. The van der Waals surface area contributed by atoms with Gasteiger partial charge in [-0.25, -0.2) is 13.8 Å². The van der Waals surface area contributed by atoms with Crippen LogP contribution in [0.15, 0.2) is 35.4 Å². The predicted octanol–water partition coefficient (Wildman–Crippen LogP) is 1.58. The minimum absolute atomic E-state index is 0.0575. The summed E-state index contributed by atoms with van der Waals surface area (Å²) < 4.78 is 22.9. The van der Waals surface area contributed by atoms with Crippen molar-refractivity contribution in [1.82, 2.24) is 10.3 Å². The van der Waals surface area contributed by atoms with Gasteiger partial charge >= 0.3 is 0 Å². The Kier molecular flexibility index (Phi) is 5.86. The van der Waals surface area contributed by atoms with Crippen LogP contribution in [-0.4, -0.2) is 49.5 Å². The van der Waals surface area contributed by atoms with Crippen LogP contribution in [-0.2, 0) is 21.2 Å². The number of nitrogens with zero attached hydrogens (tertiary/aromatic N) is 2. The molecule has 2 heterocycles. The summed E-state index contributed by atoms with van der Waals surface area (Å²) in [4.78, 5) is 14.3. The van der Waals surface area contributed by atoms with Gasteiger partial charge in [-0.15, -0.1) is 0 Å². The number of nitrogens with one attached hydrogen (secondary N) is 1. The van der Waals surface area contributed by atoms with E-state index in [9.17, 15) is 13.2 Å². The topological polar surface area (TPSA) is 78.8 Å². The minimum atomic E-state index is -2.93. The molecule has 1 aromatic rings. The lowest BCUT2D eigenvalue weighted by Gasteiger charge is -2.27. The Morgan fingerprint density at radius 2 is 1.92 bits per heavy atom. The number of piperidine rings is 1. The van der Waals surface area contributed by atoms with Crippen LogP contribution in [0.1, 0.15) is 31.2 Å². The van der Waals surface area contributed by atoms with E-state index in [2.05, 4.69) is 39.7 Å². The molecule has 0 aliphatic carbocycles. The largest absolute Gasteiger partial charge is 0.298 e. The lowest BCUT2D eigenvalue weighted by Crippen LogP contribution is -2.34. The van der Waals surface area contributed by atoms with Gasteiger partial charge in [-0.05, 0) is 17.9 Å². The lowest BCUT2D eigenvalue weighted by molar-refractivity contribution is -0.121. The van der Waals surface area contributed by atoms with Gasteiger partial charge in [0.1, 0.15) is 0 Å². The number of rotatable bonds is 5. The van der Waals surface area contributed by atoms with Crippen molar-refractivity contribution in [2.24, 2.45) is 11.0 Å². The normalized spacial score (nSPS) is 23.4. The lowest BCUT2D eigenvalue weighted by atomic mass is 10.1. The zero-order valence-corrected chi connectivity index (χ0v) is 15.2. The molecule has 2 fully saturated rings.